The van der Waals surface area contributed by atoms with Gasteiger partial charge in [0.05, 0.1) is 6.20 Å². The minimum atomic E-state index is -2.88. The Labute approximate surface area is 153 Å². The van der Waals surface area contributed by atoms with E-state index >= 15 is 0 Å². The fraction of sp³-hybridized carbons (Fsp3) is 0.105. The summed E-state index contributed by atoms with van der Waals surface area (Å²) in [5.74, 6) is 0.290. The van der Waals surface area contributed by atoms with E-state index in [1.165, 1.54) is 24.5 Å². The van der Waals surface area contributed by atoms with Crippen LogP contribution in [0.4, 0.5) is 8.78 Å². The number of carbonyl (C=O) groups is 1. The van der Waals surface area contributed by atoms with Crippen LogP contribution in [0.5, 0.6) is 17.4 Å². The van der Waals surface area contributed by atoms with E-state index in [2.05, 4.69) is 20.0 Å². The molecular weight excluding hydrogens is 356 g/mol. The topological polar surface area (TPSA) is 73.3 Å². The number of carbonyl (C=O) groups excluding carboxylic acids is 1. The Balaban J connectivity index is 1.64. The largest absolute Gasteiger partial charge is 0.437 e. The molecule has 0 saturated carbocycles. The van der Waals surface area contributed by atoms with Gasteiger partial charge in [-0.15, -0.1) is 0 Å². The number of nitrogens with one attached hydrogen (secondary N) is 1. The molecule has 0 saturated heterocycles. The molecular formula is C19H15F2N3O3. The lowest BCUT2D eigenvalue weighted by atomic mass is 10.2. The predicted octanol–water partition coefficient (Wildman–Crippen LogP) is 3.80. The monoisotopic (exact) mass is 371 g/mol. The quantitative estimate of drug-likeness (QED) is 0.684. The van der Waals surface area contributed by atoms with Gasteiger partial charge in [-0.2, -0.15) is 8.78 Å². The van der Waals surface area contributed by atoms with Crippen molar-refractivity contribution in [3.8, 4) is 17.4 Å². The molecule has 2 heterocycles. The summed E-state index contributed by atoms with van der Waals surface area (Å²) in [6.07, 6.45) is 4.64. The molecule has 8 heteroatoms. The smallest absolute Gasteiger partial charge is 0.387 e. The van der Waals surface area contributed by atoms with Gasteiger partial charge in [-0.1, -0.05) is 12.1 Å². The van der Waals surface area contributed by atoms with Crippen molar-refractivity contribution in [1.29, 1.82) is 0 Å². The highest BCUT2D eigenvalue weighted by molar-refractivity contribution is 5.96. The molecule has 0 bridgehead atoms. The van der Waals surface area contributed by atoms with Gasteiger partial charge in [0, 0.05) is 18.9 Å². The minimum Gasteiger partial charge on any atom is -0.437 e. The Kier molecular flexibility index (Phi) is 5.88. The SMILES string of the molecule is O=C(NCc1ccc(OC(F)F)cc1)c1cccnc1Oc1cccnc1. The van der Waals surface area contributed by atoms with E-state index in [1.54, 1.807) is 42.6 Å². The average molecular weight is 371 g/mol. The number of alkyl halides is 2. The van der Waals surface area contributed by atoms with E-state index in [-0.39, 0.29) is 29.6 Å². The van der Waals surface area contributed by atoms with Crippen LogP contribution in [0.3, 0.4) is 0 Å². The van der Waals surface area contributed by atoms with Crippen LogP contribution in [0.2, 0.25) is 0 Å². The molecule has 3 rings (SSSR count). The van der Waals surface area contributed by atoms with Crippen LogP contribution >= 0.6 is 0 Å². The highest BCUT2D eigenvalue weighted by Crippen LogP contribution is 2.22. The lowest BCUT2D eigenvalue weighted by molar-refractivity contribution is -0.0498. The number of pyridine rings is 2. The molecule has 0 unspecified atom stereocenters. The van der Waals surface area contributed by atoms with E-state index in [0.717, 1.165) is 5.56 Å². The molecule has 3 aromatic rings. The first-order chi connectivity index (χ1) is 13.1. The van der Waals surface area contributed by atoms with E-state index in [9.17, 15) is 13.6 Å². The van der Waals surface area contributed by atoms with Crippen LogP contribution in [0.25, 0.3) is 0 Å². The molecule has 0 aliphatic rings. The van der Waals surface area contributed by atoms with Gasteiger partial charge in [-0.25, -0.2) is 4.98 Å². The van der Waals surface area contributed by atoms with Crippen molar-refractivity contribution in [3.05, 3.63) is 78.2 Å². The van der Waals surface area contributed by atoms with Crippen molar-refractivity contribution in [2.24, 2.45) is 0 Å². The third kappa shape index (κ3) is 5.21. The van der Waals surface area contributed by atoms with Crippen LogP contribution in [0.1, 0.15) is 15.9 Å². The molecule has 6 nitrogen and oxygen atoms in total. The molecule has 1 amide bonds. The third-order valence-electron chi connectivity index (χ3n) is 3.47. The molecule has 0 fully saturated rings. The van der Waals surface area contributed by atoms with Crippen molar-refractivity contribution in [2.45, 2.75) is 13.2 Å². The predicted molar refractivity (Wildman–Crippen MR) is 92.8 cm³/mol. The highest BCUT2D eigenvalue weighted by atomic mass is 19.3. The number of benzene rings is 1. The van der Waals surface area contributed by atoms with Gasteiger partial charge in [0.1, 0.15) is 17.1 Å². The Hall–Kier alpha value is -3.55. The Morgan fingerprint density at radius 3 is 2.52 bits per heavy atom. The second kappa shape index (κ2) is 8.70. The van der Waals surface area contributed by atoms with Crippen LogP contribution in [0.15, 0.2) is 67.1 Å². The van der Waals surface area contributed by atoms with E-state index in [0.29, 0.717) is 5.75 Å². The Morgan fingerprint density at radius 1 is 1.04 bits per heavy atom. The summed E-state index contributed by atoms with van der Waals surface area (Å²) < 4.78 is 34.2. The van der Waals surface area contributed by atoms with Crippen molar-refractivity contribution >= 4 is 5.91 Å². The molecule has 0 atom stereocenters. The summed E-state index contributed by atoms with van der Waals surface area (Å²) in [6, 6.07) is 12.6. The van der Waals surface area contributed by atoms with Crippen LogP contribution < -0.4 is 14.8 Å². The molecule has 27 heavy (non-hydrogen) atoms. The maximum absolute atomic E-state index is 12.5. The molecule has 1 aromatic carbocycles. The zero-order chi connectivity index (χ0) is 19.1. The molecule has 138 valence electrons. The van der Waals surface area contributed by atoms with Gasteiger partial charge in [0.15, 0.2) is 0 Å². The fourth-order valence-corrected chi connectivity index (χ4v) is 2.23. The number of ether oxygens (including phenoxy) is 2. The van der Waals surface area contributed by atoms with Gasteiger partial charge < -0.3 is 14.8 Å². The summed E-state index contributed by atoms with van der Waals surface area (Å²) in [4.78, 5) is 20.5. The maximum atomic E-state index is 12.5. The number of halogens is 2. The van der Waals surface area contributed by atoms with Gasteiger partial charge in [0.2, 0.25) is 5.88 Å². The Bertz CT molecular complexity index is 890. The highest BCUT2D eigenvalue weighted by Gasteiger charge is 2.14. The van der Waals surface area contributed by atoms with Gasteiger partial charge in [0.25, 0.3) is 5.91 Å². The Morgan fingerprint density at radius 2 is 1.81 bits per heavy atom. The fourth-order valence-electron chi connectivity index (χ4n) is 2.23. The lowest BCUT2D eigenvalue weighted by Crippen LogP contribution is -2.23. The number of rotatable bonds is 7. The zero-order valence-electron chi connectivity index (χ0n) is 14.0. The van der Waals surface area contributed by atoms with Crippen molar-refractivity contribution in [2.75, 3.05) is 0 Å². The van der Waals surface area contributed by atoms with Gasteiger partial charge in [-0.05, 0) is 42.0 Å². The average Bonchev–Trinajstić information content (AvgIpc) is 2.68. The molecule has 0 aliphatic carbocycles. The van der Waals surface area contributed by atoms with Crippen LogP contribution in [0, 0.1) is 0 Å². The minimum absolute atomic E-state index is 0.0551. The summed E-state index contributed by atoms with van der Waals surface area (Å²) in [6.45, 7) is -2.67. The summed E-state index contributed by atoms with van der Waals surface area (Å²) in [7, 11) is 0. The number of aromatic nitrogens is 2. The summed E-state index contributed by atoms with van der Waals surface area (Å²) in [5, 5.41) is 2.74. The molecule has 0 spiro atoms. The normalized spacial score (nSPS) is 10.5. The summed E-state index contributed by atoms with van der Waals surface area (Å²) in [5.41, 5.74) is 0.989. The number of hydrogen-bond donors (Lipinski definition) is 1. The van der Waals surface area contributed by atoms with Crippen LogP contribution in [-0.4, -0.2) is 22.5 Å². The van der Waals surface area contributed by atoms with E-state index < -0.39 is 6.61 Å². The first-order valence-electron chi connectivity index (χ1n) is 7.96. The number of hydrogen-bond acceptors (Lipinski definition) is 5. The second-order valence-electron chi connectivity index (χ2n) is 5.35. The summed E-state index contributed by atoms with van der Waals surface area (Å²) >= 11 is 0. The van der Waals surface area contributed by atoms with Crippen LogP contribution in [-0.2, 0) is 6.54 Å². The zero-order valence-corrected chi connectivity index (χ0v) is 14.0. The maximum Gasteiger partial charge on any atom is 0.387 e. The molecule has 0 aliphatic heterocycles. The number of amides is 1. The van der Waals surface area contributed by atoms with Crippen molar-refractivity contribution in [3.63, 3.8) is 0 Å². The first kappa shape index (κ1) is 18.2. The lowest BCUT2D eigenvalue weighted by Gasteiger charge is -2.10. The molecule has 2 aromatic heterocycles. The van der Waals surface area contributed by atoms with E-state index in [1.807, 2.05) is 0 Å². The second-order valence-corrected chi connectivity index (χ2v) is 5.35. The molecule has 0 radical (unpaired) electrons. The van der Waals surface area contributed by atoms with Gasteiger partial charge >= 0.3 is 6.61 Å². The third-order valence-corrected chi connectivity index (χ3v) is 3.47. The van der Waals surface area contributed by atoms with Crippen molar-refractivity contribution in [1.82, 2.24) is 15.3 Å². The number of nitrogens with zero attached hydrogens (tertiary/aromatic N) is 2. The van der Waals surface area contributed by atoms with Gasteiger partial charge in [-0.3, -0.25) is 9.78 Å². The van der Waals surface area contributed by atoms with Crippen molar-refractivity contribution < 1.29 is 23.0 Å². The standard InChI is InChI=1S/C19H15F2N3O3/c20-19(21)27-14-7-5-13(6-8-14)11-24-17(25)16-4-2-10-23-18(16)26-15-3-1-9-22-12-15/h1-10,12,19H,11H2,(H,24,25). The molecule has 1 N–H and O–H groups in total. The van der Waals surface area contributed by atoms with E-state index in [4.69, 9.17) is 4.74 Å². The first-order valence-corrected chi connectivity index (χ1v) is 7.96.